The molecule has 172 valence electrons. The number of hydrogen-bond acceptors (Lipinski definition) is 5. The number of anilines is 2. The standard InChI is InChI=1S/C22H23F3N2O4S/c1-26-18-5-4-13(22(28)27-15-9-16(23)20(25)17(24)10-15)8-19(18)32(29,30)21-12-2-3-14(21)11-31-7-6-12/h4-5,8-10,12,14,21,26H,2-3,6-7,11H2,1H3,(H,27,28)/t12-,14?,21?/m0/s1. The van der Waals surface area contributed by atoms with Crippen LogP contribution < -0.4 is 10.6 Å². The van der Waals surface area contributed by atoms with Crippen LogP contribution in [0.5, 0.6) is 0 Å². The molecule has 0 spiro atoms. The first-order chi connectivity index (χ1) is 15.2. The van der Waals surface area contributed by atoms with E-state index in [1.54, 1.807) is 7.05 Å². The van der Waals surface area contributed by atoms with Crippen LogP contribution in [0.1, 0.15) is 29.6 Å². The number of carbonyl (C=O) groups excluding carboxylic acids is 1. The molecule has 1 saturated carbocycles. The first-order valence-electron chi connectivity index (χ1n) is 10.3. The van der Waals surface area contributed by atoms with Gasteiger partial charge in [0.2, 0.25) is 0 Å². The van der Waals surface area contributed by atoms with E-state index in [1.165, 1.54) is 18.2 Å². The number of sulfone groups is 1. The summed E-state index contributed by atoms with van der Waals surface area (Å²) >= 11 is 0. The van der Waals surface area contributed by atoms with Crippen LogP contribution in [0.3, 0.4) is 0 Å². The summed E-state index contributed by atoms with van der Waals surface area (Å²) < 4.78 is 73.0. The number of nitrogens with one attached hydrogen (secondary N) is 2. The molecule has 6 nitrogen and oxygen atoms in total. The quantitative estimate of drug-likeness (QED) is 0.649. The summed E-state index contributed by atoms with van der Waals surface area (Å²) in [4.78, 5) is 12.7. The molecule has 1 saturated heterocycles. The van der Waals surface area contributed by atoms with Crippen LogP contribution in [0.15, 0.2) is 35.2 Å². The lowest BCUT2D eigenvalue weighted by Crippen LogP contribution is -2.32. The lowest BCUT2D eigenvalue weighted by atomic mass is 10.0. The number of benzene rings is 2. The lowest BCUT2D eigenvalue weighted by molar-refractivity contribution is 0.102. The maximum Gasteiger partial charge on any atom is 0.255 e. The molecule has 1 amide bonds. The van der Waals surface area contributed by atoms with Gasteiger partial charge in [-0.1, -0.05) is 0 Å². The highest BCUT2D eigenvalue weighted by Gasteiger charge is 2.47. The first kappa shape index (κ1) is 22.6. The summed E-state index contributed by atoms with van der Waals surface area (Å²) in [7, 11) is -2.22. The van der Waals surface area contributed by atoms with Gasteiger partial charge in [0.1, 0.15) is 0 Å². The minimum atomic E-state index is -3.80. The summed E-state index contributed by atoms with van der Waals surface area (Å²) in [5.41, 5.74) is 0.0578. The third-order valence-corrected chi connectivity index (χ3v) is 8.66. The van der Waals surface area contributed by atoms with Crippen LogP contribution in [0, 0.1) is 29.3 Å². The largest absolute Gasteiger partial charge is 0.387 e. The van der Waals surface area contributed by atoms with E-state index in [2.05, 4.69) is 10.6 Å². The molecule has 1 aliphatic carbocycles. The van der Waals surface area contributed by atoms with Crippen LogP contribution >= 0.6 is 0 Å². The van der Waals surface area contributed by atoms with Gasteiger partial charge in [0.25, 0.3) is 5.91 Å². The lowest BCUT2D eigenvalue weighted by Gasteiger charge is -2.23. The topological polar surface area (TPSA) is 84.5 Å². The highest BCUT2D eigenvalue weighted by molar-refractivity contribution is 7.92. The minimum Gasteiger partial charge on any atom is -0.387 e. The molecule has 0 radical (unpaired) electrons. The fourth-order valence-electron chi connectivity index (χ4n) is 4.69. The third kappa shape index (κ3) is 4.09. The van der Waals surface area contributed by atoms with Crippen molar-refractivity contribution in [3.05, 3.63) is 53.3 Å². The molecule has 2 N–H and O–H groups in total. The zero-order chi connectivity index (χ0) is 23.0. The van der Waals surface area contributed by atoms with Gasteiger partial charge in [0.15, 0.2) is 27.3 Å². The van der Waals surface area contributed by atoms with E-state index in [-0.39, 0.29) is 28.0 Å². The van der Waals surface area contributed by atoms with E-state index >= 15 is 0 Å². The Labute approximate surface area is 184 Å². The second-order valence-electron chi connectivity index (χ2n) is 8.14. The number of ether oxygens (including phenoxy) is 1. The van der Waals surface area contributed by atoms with Crippen LogP contribution in [-0.2, 0) is 14.6 Å². The molecule has 4 rings (SSSR count). The van der Waals surface area contributed by atoms with Crippen molar-refractivity contribution in [3.63, 3.8) is 0 Å². The van der Waals surface area contributed by atoms with Crippen molar-refractivity contribution >= 4 is 27.1 Å². The SMILES string of the molecule is CNc1ccc(C(=O)Nc2cc(F)c(F)c(F)c2)cc1S(=O)(=O)C1C2CC[C@H]1CCOC2. The molecule has 2 aliphatic rings. The summed E-state index contributed by atoms with van der Waals surface area (Å²) in [5, 5.41) is 4.54. The molecule has 32 heavy (non-hydrogen) atoms. The zero-order valence-corrected chi connectivity index (χ0v) is 18.1. The highest BCUT2D eigenvalue weighted by atomic mass is 32.2. The van der Waals surface area contributed by atoms with Crippen molar-refractivity contribution in [3.8, 4) is 0 Å². The fourth-order valence-corrected chi connectivity index (χ4v) is 7.25. The Bertz CT molecular complexity index is 1120. The van der Waals surface area contributed by atoms with Gasteiger partial charge in [0.05, 0.1) is 22.4 Å². The van der Waals surface area contributed by atoms with Gasteiger partial charge in [-0.2, -0.15) is 0 Å². The van der Waals surface area contributed by atoms with Crippen molar-refractivity contribution in [1.82, 2.24) is 0 Å². The Kier molecular flexibility index (Phi) is 6.17. The monoisotopic (exact) mass is 468 g/mol. The van der Waals surface area contributed by atoms with Gasteiger partial charge in [-0.3, -0.25) is 4.79 Å². The average Bonchev–Trinajstić information content (AvgIpc) is 3.04. The summed E-state index contributed by atoms with van der Waals surface area (Å²) in [6.45, 7) is 0.913. The zero-order valence-electron chi connectivity index (χ0n) is 17.3. The van der Waals surface area contributed by atoms with Crippen molar-refractivity contribution < 1.29 is 31.1 Å². The smallest absolute Gasteiger partial charge is 0.255 e. The Balaban J connectivity index is 1.68. The predicted molar refractivity (Wildman–Crippen MR) is 113 cm³/mol. The Morgan fingerprint density at radius 3 is 2.41 bits per heavy atom. The number of carbonyl (C=O) groups is 1. The molecule has 2 bridgehead atoms. The number of rotatable bonds is 5. The number of fused-ring (bicyclic) bond motifs is 2. The van der Waals surface area contributed by atoms with Gasteiger partial charge in [0, 0.05) is 37.0 Å². The minimum absolute atomic E-state index is 0.00656. The van der Waals surface area contributed by atoms with Crippen molar-refractivity contribution in [1.29, 1.82) is 0 Å². The Morgan fingerprint density at radius 2 is 1.72 bits per heavy atom. The first-order valence-corrected chi connectivity index (χ1v) is 11.9. The molecule has 3 atom stereocenters. The molecule has 0 aromatic heterocycles. The van der Waals surface area contributed by atoms with E-state index in [0.29, 0.717) is 37.5 Å². The number of amides is 1. The highest BCUT2D eigenvalue weighted by Crippen LogP contribution is 2.44. The maximum absolute atomic E-state index is 13.7. The van der Waals surface area contributed by atoms with E-state index in [4.69, 9.17) is 4.74 Å². The number of hydrogen-bond donors (Lipinski definition) is 2. The van der Waals surface area contributed by atoms with E-state index in [1.807, 2.05) is 0 Å². The van der Waals surface area contributed by atoms with Gasteiger partial charge >= 0.3 is 0 Å². The summed E-state index contributed by atoms with van der Waals surface area (Å²) in [6.07, 6.45) is 2.25. The molecular formula is C22H23F3N2O4S. The molecule has 10 heteroatoms. The molecule has 2 fully saturated rings. The third-order valence-electron chi connectivity index (χ3n) is 6.22. The van der Waals surface area contributed by atoms with Crippen molar-refractivity contribution in [2.75, 3.05) is 30.9 Å². The Morgan fingerprint density at radius 1 is 1.03 bits per heavy atom. The van der Waals surface area contributed by atoms with E-state index < -0.39 is 38.4 Å². The van der Waals surface area contributed by atoms with Crippen LogP contribution in [0.25, 0.3) is 0 Å². The van der Waals surface area contributed by atoms with Gasteiger partial charge in [-0.25, -0.2) is 21.6 Å². The molecule has 2 aromatic carbocycles. The average molecular weight is 468 g/mol. The van der Waals surface area contributed by atoms with Crippen molar-refractivity contribution in [2.24, 2.45) is 11.8 Å². The molecule has 2 aromatic rings. The van der Waals surface area contributed by atoms with E-state index in [9.17, 15) is 26.4 Å². The molecule has 1 aliphatic heterocycles. The molecule has 1 heterocycles. The predicted octanol–water partition coefficient (Wildman–Crippen LogP) is 3.99. The van der Waals surface area contributed by atoms with Crippen LogP contribution in [0.4, 0.5) is 24.5 Å². The van der Waals surface area contributed by atoms with Crippen LogP contribution in [0.2, 0.25) is 0 Å². The van der Waals surface area contributed by atoms with Crippen molar-refractivity contribution in [2.45, 2.75) is 29.4 Å². The van der Waals surface area contributed by atoms with Gasteiger partial charge in [-0.15, -0.1) is 0 Å². The van der Waals surface area contributed by atoms with Gasteiger partial charge in [-0.05, 0) is 49.3 Å². The fraction of sp³-hybridized carbons (Fsp3) is 0.409. The number of halogens is 3. The maximum atomic E-state index is 13.7. The Hall–Kier alpha value is -2.59. The second kappa shape index (κ2) is 8.74. The van der Waals surface area contributed by atoms with Crippen LogP contribution in [-0.4, -0.2) is 39.8 Å². The van der Waals surface area contributed by atoms with Gasteiger partial charge < -0.3 is 15.4 Å². The van der Waals surface area contributed by atoms with E-state index in [0.717, 1.165) is 12.8 Å². The summed E-state index contributed by atoms with van der Waals surface area (Å²) in [5.74, 6) is -5.43. The second-order valence-corrected chi connectivity index (χ2v) is 10.2. The molecule has 2 unspecified atom stereocenters. The summed E-state index contributed by atoms with van der Waals surface area (Å²) in [6, 6.07) is 5.44. The normalized spacial score (nSPS) is 22.9. The molecular weight excluding hydrogens is 445 g/mol.